The maximum atomic E-state index is 13.4. The number of piperazine rings is 1. The average molecular weight is 341 g/mol. The lowest BCUT2D eigenvalue weighted by atomic mass is 10.1. The number of carbonyl (C=O) groups excluding carboxylic acids is 1. The number of amides is 1. The molecule has 1 saturated heterocycles. The zero-order chi connectivity index (χ0) is 17.5. The van der Waals surface area contributed by atoms with Crippen molar-refractivity contribution in [1.29, 1.82) is 0 Å². The molecule has 24 heavy (non-hydrogen) atoms. The monoisotopic (exact) mass is 341 g/mol. The van der Waals surface area contributed by atoms with Crippen LogP contribution in [0.3, 0.4) is 0 Å². The van der Waals surface area contributed by atoms with Gasteiger partial charge in [-0.3, -0.25) is 4.79 Å². The summed E-state index contributed by atoms with van der Waals surface area (Å²) in [6.07, 6.45) is 0.369. The molecule has 1 heterocycles. The second-order valence-corrected chi connectivity index (χ2v) is 6.07. The second kappa shape index (κ2) is 9.05. The van der Waals surface area contributed by atoms with Gasteiger partial charge in [0.15, 0.2) is 11.6 Å². The first kappa shape index (κ1) is 18.8. The van der Waals surface area contributed by atoms with Gasteiger partial charge in [-0.05, 0) is 24.7 Å². The largest absolute Gasteiger partial charge is 0.383 e. The van der Waals surface area contributed by atoms with Gasteiger partial charge in [0.2, 0.25) is 5.91 Å². The molecule has 0 bridgehead atoms. The number of nitrogens with zero attached hydrogens (tertiary/aromatic N) is 2. The average Bonchev–Trinajstić information content (AvgIpc) is 2.57. The van der Waals surface area contributed by atoms with Crippen molar-refractivity contribution >= 4 is 5.91 Å². The van der Waals surface area contributed by atoms with E-state index in [1.807, 2.05) is 11.9 Å². The molecule has 0 radical (unpaired) electrons. The van der Waals surface area contributed by atoms with Gasteiger partial charge in [-0.1, -0.05) is 6.07 Å². The zero-order valence-electron chi connectivity index (χ0n) is 14.2. The molecule has 0 unspecified atom stereocenters. The first-order valence-corrected chi connectivity index (χ1v) is 8.15. The Labute approximate surface area is 141 Å². The summed E-state index contributed by atoms with van der Waals surface area (Å²) in [6.45, 7) is 4.05. The molecular weight excluding hydrogens is 316 g/mol. The molecule has 0 saturated carbocycles. The van der Waals surface area contributed by atoms with Crippen LogP contribution in [0.15, 0.2) is 18.2 Å². The molecule has 134 valence electrons. The number of halogens is 2. The third kappa shape index (κ3) is 5.22. The van der Waals surface area contributed by atoms with Gasteiger partial charge in [0.05, 0.1) is 12.6 Å². The van der Waals surface area contributed by atoms with Crippen LogP contribution in [0, 0.1) is 11.6 Å². The number of hydrogen-bond donors (Lipinski definition) is 1. The van der Waals surface area contributed by atoms with Crippen LogP contribution in [-0.2, 0) is 9.53 Å². The van der Waals surface area contributed by atoms with E-state index in [2.05, 4.69) is 10.2 Å². The molecule has 0 aliphatic carbocycles. The molecule has 1 aromatic rings. The van der Waals surface area contributed by atoms with E-state index in [0.29, 0.717) is 25.1 Å². The van der Waals surface area contributed by atoms with Gasteiger partial charge in [-0.2, -0.15) is 0 Å². The van der Waals surface area contributed by atoms with Crippen LogP contribution < -0.4 is 5.32 Å². The van der Waals surface area contributed by atoms with Crippen molar-refractivity contribution < 1.29 is 18.3 Å². The van der Waals surface area contributed by atoms with Gasteiger partial charge >= 0.3 is 0 Å². The fourth-order valence-corrected chi connectivity index (χ4v) is 2.74. The Kier molecular flexibility index (Phi) is 7.08. The SMILES string of the molecule is COC[C@@H](NCCC(=O)N1CCN(C)CC1)c1ccc(F)c(F)c1. The molecule has 0 spiro atoms. The van der Waals surface area contributed by atoms with Crippen molar-refractivity contribution in [2.75, 3.05) is 53.5 Å². The lowest BCUT2D eigenvalue weighted by Crippen LogP contribution is -2.47. The van der Waals surface area contributed by atoms with Crippen LogP contribution in [0.1, 0.15) is 18.0 Å². The van der Waals surface area contributed by atoms with Gasteiger partial charge < -0.3 is 19.9 Å². The molecule has 1 aliphatic rings. The number of rotatable bonds is 7. The Morgan fingerprint density at radius 3 is 2.58 bits per heavy atom. The topological polar surface area (TPSA) is 44.8 Å². The van der Waals surface area contributed by atoms with E-state index in [4.69, 9.17) is 4.74 Å². The van der Waals surface area contributed by atoms with Crippen molar-refractivity contribution in [2.24, 2.45) is 0 Å². The summed E-state index contributed by atoms with van der Waals surface area (Å²) < 4.78 is 31.6. The molecular formula is C17H25F2N3O2. The summed E-state index contributed by atoms with van der Waals surface area (Å²) in [7, 11) is 3.59. The van der Waals surface area contributed by atoms with Gasteiger partial charge in [0, 0.05) is 46.3 Å². The van der Waals surface area contributed by atoms with E-state index in [1.165, 1.54) is 6.07 Å². The maximum absolute atomic E-state index is 13.4. The highest BCUT2D eigenvalue weighted by atomic mass is 19.2. The summed E-state index contributed by atoms with van der Waals surface area (Å²) in [5.74, 6) is -1.65. The third-order valence-electron chi connectivity index (χ3n) is 4.26. The smallest absolute Gasteiger partial charge is 0.223 e. The highest BCUT2D eigenvalue weighted by Gasteiger charge is 2.19. The molecule has 1 fully saturated rings. The second-order valence-electron chi connectivity index (χ2n) is 6.07. The van der Waals surface area contributed by atoms with E-state index < -0.39 is 11.6 Å². The van der Waals surface area contributed by atoms with E-state index in [9.17, 15) is 13.6 Å². The summed E-state index contributed by atoms with van der Waals surface area (Å²) in [5.41, 5.74) is 0.600. The Balaban J connectivity index is 1.85. The normalized spacial score (nSPS) is 17.1. The molecule has 1 aliphatic heterocycles. The van der Waals surface area contributed by atoms with Crippen molar-refractivity contribution in [3.8, 4) is 0 Å². The number of nitrogens with one attached hydrogen (secondary N) is 1. The summed E-state index contributed by atoms with van der Waals surface area (Å²) >= 11 is 0. The Morgan fingerprint density at radius 1 is 1.25 bits per heavy atom. The van der Waals surface area contributed by atoms with Crippen LogP contribution in [0.5, 0.6) is 0 Å². The van der Waals surface area contributed by atoms with Gasteiger partial charge in [-0.25, -0.2) is 8.78 Å². The Hall–Kier alpha value is -1.57. The van der Waals surface area contributed by atoms with Crippen molar-refractivity contribution in [1.82, 2.24) is 15.1 Å². The van der Waals surface area contributed by atoms with Crippen molar-refractivity contribution in [2.45, 2.75) is 12.5 Å². The van der Waals surface area contributed by atoms with Crippen LogP contribution in [0.4, 0.5) is 8.78 Å². The summed E-state index contributed by atoms with van der Waals surface area (Å²) in [5, 5.41) is 3.19. The van der Waals surface area contributed by atoms with E-state index in [-0.39, 0.29) is 11.9 Å². The molecule has 5 nitrogen and oxygen atoms in total. The van der Waals surface area contributed by atoms with Gasteiger partial charge in [-0.15, -0.1) is 0 Å². The first-order chi connectivity index (χ1) is 11.5. The minimum Gasteiger partial charge on any atom is -0.383 e. The number of benzene rings is 1. The minimum absolute atomic E-state index is 0.108. The molecule has 1 amide bonds. The van der Waals surface area contributed by atoms with E-state index >= 15 is 0 Å². The van der Waals surface area contributed by atoms with Crippen molar-refractivity contribution in [3.63, 3.8) is 0 Å². The van der Waals surface area contributed by atoms with Crippen LogP contribution >= 0.6 is 0 Å². The fraction of sp³-hybridized carbons (Fsp3) is 0.588. The van der Waals surface area contributed by atoms with Crippen LogP contribution in [0.25, 0.3) is 0 Å². The van der Waals surface area contributed by atoms with Gasteiger partial charge in [0.25, 0.3) is 0 Å². The lowest BCUT2D eigenvalue weighted by molar-refractivity contribution is -0.132. The molecule has 7 heteroatoms. The maximum Gasteiger partial charge on any atom is 0.223 e. The number of methoxy groups -OCH3 is 1. The Morgan fingerprint density at radius 2 is 1.96 bits per heavy atom. The summed E-state index contributed by atoms with van der Waals surface area (Å²) in [4.78, 5) is 16.3. The molecule has 1 aromatic carbocycles. The van der Waals surface area contributed by atoms with Crippen molar-refractivity contribution in [3.05, 3.63) is 35.4 Å². The highest BCUT2D eigenvalue weighted by Crippen LogP contribution is 2.17. The number of ether oxygens (including phenoxy) is 1. The van der Waals surface area contributed by atoms with Crippen LogP contribution in [-0.4, -0.2) is 69.2 Å². The van der Waals surface area contributed by atoms with Gasteiger partial charge in [0.1, 0.15) is 0 Å². The molecule has 1 atom stereocenters. The Bertz CT molecular complexity index is 549. The minimum atomic E-state index is -0.885. The predicted octanol–water partition coefficient (Wildman–Crippen LogP) is 1.41. The third-order valence-corrected chi connectivity index (χ3v) is 4.26. The fourth-order valence-electron chi connectivity index (χ4n) is 2.74. The summed E-state index contributed by atoms with van der Waals surface area (Å²) in [6, 6.07) is 3.50. The molecule has 0 aromatic heterocycles. The zero-order valence-corrected chi connectivity index (χ0v) is 14.2. The predicted molar refractivity (Wildman–Crippen MR) is 87.7 cm³/mol. The van der Waals surface area contributed by atoms with E-state index in [1.54, 1.807) is 7.11 Å². The quantitative estimate of drug-likeness (QED) is 0.814. The number of carbonyl (C=O) groups is 1. The van der Waals surface area contributed by atoms with E-state index in [0.717, 1.165) is 38.3 Å². The standard InChI is InChI=1S/C17H25F2N3O2/c1-21-7-9-22(10-8-21)17(23)5-6-20-16(12-24-2)13-3-4-14(18)15(19)11-13/h3-4,11,16,20H,5-10,12H2,1-2H3/t16-/m1/s1. The molecule has 2 rings (SSSR count). The molecule has 1 N–H and O–H groups in total. The first-order valence-electron chi connectivity index (χ1n) is 8.15. The van der Waals surface area contributed by atoms with Crippen LogP contribution in [0.2, 0.25) is 0 Å². The number of likely N-dealkylation sites (N-methyl/N-ethyl adjacent to an activating group) is 1. The number of hydrogen-bond acceptors (Lipinski definition) is 4. The lowest BCUT2D eigenvalue weighted by Gasteiger charge is -2.32. The highest BCUT2D eigenvalue weighted by molar-refractivity contribution is 5.76.